The van der Waals surface area contributed by atoms with E-state index in [9.17, 15) is 4.79 Å². The molecule has 1 spiro atoms. The zero-order valence-corrected chi connectivity index (χ0v) is 11.0. The van der Waals surface area contributed by atoms with Gasteiger partial charge in [0.2, 0.25) is 0 Å². The van der Waals surface area contributed by atoms with Crippen LogP contribution in [0.1, 0.15) is 46.0 Å². The van der Waals surface area contributed by atoms with Gasteiger partial charge < -0.3 is 5.32 Å². The van der Waals surface area contributed by atoms with Gasteiger partial charge in [0.25, 0.3) is 5.91 Å². The molecule has 0 aromatic heterocycles. The predicted octanol–water partition coefficient (Wildman–Crippen LogP) is 1.56. The molecule has 2 aliphatic rings. The van der Waals surface area contributed by atoms with E-state index in [-0.39, 0.29) is 5.91 Å². The highest BCUT2D eigenvalue weighted by molar-refractivity contribution is 6.08. The maximum absolute atomic E-state index is 12.5. The third kappa shape index (κ3) is 2.23. The van der Waals surface area contributed by atoms with Gasteiger partial charge in [-0.25, -0.2) is 0 Å². The number of nitrogens with one attached hydrogen (secondary N) is 1. The highest BCUT2D eigenvalue weighted by Crippen LogP contribution is 2.32. The van der Waals surface area contributed by atoms with Gasteiger partial charge >= 0.3 is 0 Å². The van der Waals surface area contributed by atoms with Crippen LogP contribution in [0.5, 0.6) is 0 Å². The van der Waals surface area contributed by atoms with Crippen LogP contribution < -0.4 is 5.32 Å². The number of unbranched alkanes of at least 4 members (excludes halogenated alkanes) is 1. The van der Waals surface area contributed by atoms with E-state index < -0.39 is 5.54 Å². The molecule has 0 unspecified atom stereocenters. The second kappa shape index (κ2) is 5.17. The van der Waals surface area contributed by atoms with E-state index in [4.69, 9.17) is 4.99 Å². The van der Waals surface area contributed by atoms with Crippen LogP contribution in [0.3, 0.4) is 0 Å². The van der Waals surface area contributed by atoms with Crippen molar-refractivity contribution in [2.45, 2.75) is 51.5 Å². The van der Waals surface area contributed by atoms with Gasteiger partial charge in [0, 0.05) is 13.0 Å². The minimum Gasteiger partial charge on any atom is -0.317 e. The summed E-state index contributed by atoms with van der Waals surface area (Å²) >= 11 is 0. The van der Waals surface area contributed by atoms with Crippen molar-refractivity contribution in [1.29, 1.82) is 0 Å². The van der Waals surface area contributed by atoms with E-state index in [1.807, 2.05) is 11.8 Å². The van der Waals surface area contributed by atoms with E-state index in [0.29, 0.717) is 0 Å². The van der Waals surface area contributed by atoms with E-state index >= 15 is 0 Å². The van der Waals surface area contributed by atoms with Crippen molar-refractivity contribution < 1.29 is 4.79 Å². The number of likely N-dealkylation sites (N-methyl/N-ethyl adjacent to an activating group) is 1. The van der Waals surface area contributed by atoms with Crippen LogP contribution in [-0.4, -0.2) is 41.8 Å². The van der Waals surface area contributed by atoms with Gasteiger partial charge in [-0.1, -0.05) is 13.3 Å². The fourth-order valence-electron chi connectivity index (χ4n) is 2.74. The number of hydrogen-bond acceptors (Lipinski definition) is 3. The molecule has 2 rings (SSSR count). The Morgan fingerprint density at radius 1 is 1.35 bits per heavy atom. The van der Waals surface area contributed by atoms with Gasteiger partial charge in [0.05, 0.1) is 0 Å². The topological polar surface area (TPSA) is 44.7 Å². The fourth-order valence-corrected chi connectivity index (χ4v) is 2.74. The quantitative estimate of drug-likeness (QED) is 0.806. The molecule has 0 bridgehead atoms. The standard InChI is InChI=1S/C13H23N3O/c1-3-5-6-11-15-13(7-9-14-10-8-13)12(17)16(11)4-2/h14H,3-10H2,1-2H3. The normalized spacial score (nSPS) is 23.3. The van der Waals surface area contributed by atoms with Gasteiger partial charge in [-0.3, -0.25) is 14.7 Å². The number of amidine groups is 1. The van der Waals surface area contributed by atoms with Crippen LogP contribution in [0.4, 0.5) is 0 Å². The van der Waals surface area contributed by atoms with Gasteiger partial charge in [0.15, 0.2) is 0 Å². The van der Waals surface area contributed by atoms with Crippen LogP contribution in [-0.2, 0) is 4.79 Å². The van der Waals surface area contributed by atoms with Crippen LogP contribution >= 0.6 is 0 Å². The fraction of sp³-hybridized carbons (Fsp3) is 0.846. The first-order valence-electron chi connectivity index (χ1n) is 6.85. The molecule has 4 heteroatoms. The summed E-state index contributed by atoms with van der Waals surface area (Å²) in [6.45, 7) is 6.80. The average molecular weight is 237 g/mol. The molecule has 0 atom stereocenters. The first-order valence-corrected chi connectivity index (χ1v) is 6.85. The van der Waals surface area contributed by atoms with Crippen LogP contribution in [0.2, 0.25) is 0 Å². The predicted molar refractivity (Wildman–Crippen MR) is 69.2 cm³/mol. The molecule has 1 N–H and O–H groups in total. The highest BCUT2D eigenvalue weighted by atomic mass is 16.2. The number of hydrogen-bond donors (Lipinski definition) is 1. The zero-order valence-electron chi connectivity index (χ0n) is 11.0. The molecular formula is C13H23N3O. The summed E-state index contributed by atoms with van der Waals surface area (Å²) in [5, 5.41) is 3.31. The molecule has 4 nitrogen and oxygen atoms in total. The number of amides is 1. The van der Waals surface area contributed by atoms with Crippen LogP contribution in [0.15, 0.2) is 4.99 Å². The largest absolute Gasteiger partial charge is 0.317 e. The van der Waals surface area contributed by atoms with Gasteiger partial charge in [-0.15, -0.1) is 0 Å². The summed E-state index contributed by atoms with van der Waals surface area (Å²) in [4.78, 5) is 19.2. The van der Waals surface area contributed by atoms with Crippen molar-refractivity contribution in [1.82, 2.24) is 10.2 Å². The Morgan fingerprint density at radius 2 is 2.06 bits per heavy atom. The Labute approximate surface area is 103 Å². The molecule has 0 saturated carbocycles. The minimum absolute atomic E-state index is 0.243. The first kappa shape index (κ1) is 12.6. The first-order chi connectivity index (χ1) is 8.23. The Kier molecular flexibility index (Phi) is 3.82. The molecule has 0 radical (unpaired) electrons. The summed E-state index contributed by atoms with van der Waals surface area (Å²) in [6, 6.07) is 0. The van der Waals surface area contributed by atoms with E-state index in [0.717, 1.165) is 57.6 Å². The second-order valence-electron chi connectivity index (χ2n) is 4.96. The number of carbonyl (C=O) groups excluding carboxylic acids is 1. The molecule has 1 amide bonds. The lowest BCUT2D eigenvalue weighted by Gasteiger charge is -2.29. The Hall–Kier alpha value is -0.900. The number of aliphatic imine (C=N–C) groups is 1. The van der Waals surface area contributed by atoms with Crippen molar-refractivity contribution in [3.05, 3.63) is 0 Å². The number of piperidine rings is 1. The smallest absolute Gasteiger partial charge is 0.255 e. The lowest BCUT2D eigenvalue weighted by atomic mass is 9.88. The third-order valence-electron chi connectivity index (χ3n) is 3.80. The lowest BCUT2D eigenvalue weighted by Crippen LogP contribution is -2.48. The molecule has 0 aromatic carbocycles. The van der Waals surface area contributed by atoms with E-state index in [1.165, 1.54) is 0 Å². The SMILES string of the molecule is CCCCC1=NC2(CCNCC2)C(=O)N1CC. The summed E-state index contributed by atoms with van der Waals surface area (Å²) in [5.74, 6) is 1.27. The Bertz CT molecular complexity index is 319. The number of nitrogens with zero attached hydrogens (tertiary/aromatic N) is 2. The van der Waals surface area contributed by atoms with E-state index in [1.54, 1.807) is 0 Å². The molecule has 0 aliphatic carbocycles. The lowest BCUT2D eigenvalue weighted by molar-refractivity contribution is -0.131. The molecule has 17 heavy (non-hydrogen) atoms. The van der Waals surface area contributed by atoms with Gasteiger partial charge in [-0.05, 0) is 39.3 Å². The van der Waals surface area contributed by atoms with Crippen LogP contribution in [0.25, 0.3) is 0 Å². The molecular weight excluding hydrogens is 214 g/mol. The van der Waals surface area contributed by atoms with Crippen molar-refractivity contribution in [2.75, 3.05) is 19.6 Å². The molecule has 2 heterocycles. The number of carbonyl (C=O) groups is 1. The Morgan fingerprint density at radius 3 is 2.65 bits per heavy atom. The third-order valence-corrected chi connectivity index (χ3v) is 3.80. The summed E-state index contributed by atoms with van der Waals surface area (Å²) in [7, 11) is 0. The van der Waals surface area contributed by atoms with Crippen molar-refractivity contribution in [2.24, 2.45) is 4.99 Å². The Balaban J connectivity index is 2.17. The molecule has 96 valence electrons. The van der Waals surface area contributed by atoms with Crippen molar-refractivity contribution >= 4 is 11.7 Å². The molecule has 1 saturated heterocycles. The maximum atomic E-state index is 12.5. The van der Waals surface area contributed by atoms with E-state index in [2.05, 4.69) is 12.2 Å². The highest BCUT2D eigenvalue weighted by Gasteiger charge is 2.47. The summed E-state index contributed by atoms with van der Waals surface area (Å²) in [6.07, 6.45) is 4.94. The second-order valence-corrected chi connectivity index (χ2v) is 4.96. The van der Waals surface area contributed by atoms with Crippen molar-refractivity contribution in [3.8, 4) is 0 Å². The van der Waals surface area contributed by atoms with Crippen LogP contribution in [0, 0.1) is 0 Å². The average Bonchev–Trinajstić information content (AvgIpc) is 2.61. The monoisotopic (exact) mass is 237 g/mol. The molecule has 0 aromatic rings. The summed E-state index contributed by atoms with van der Waals surface area (Å²) < 4.78 is 0. The van der Waals surface area contributed by atoms with Gasteiger partial charge in [-0.2, -0.15) is 0 Å². The minimum atomic E-state index is -0.412. The number of rotatable bonds is 4. The zero-order chi connectivity index (χ0) is 12.3. The summed E-state index contributed by atoms with van der Waals surface area (Å²) in [5.41, 5.74) is -0.412. The van der Waals surface area contributed by atoms with Crippen molar-refractivity contribution in [3.63, 3.8) is 0 Å². The molecule has 1 fully saturated rings. The van der Waals surface area contributed by atoms with Gasteiger partial charge in [0.1, 0.15) is 11.4 Å². The molecule has 2 aliphatic heterocycles. The maximum Gasteiger partial charge on any atom is 0.255 e.